The summed E-state index contributed by atoms with van der Waals surface area (Å²) in [6, 6.07) is 4.45. The molecule has 130 valence electrons. The molecule has 0 spiro atoms. The van der Waals surface area contributed by atoms with Gasteiger partial charge in [-0.25, -0.2) is 0 Å². The van der Waals surface area contributed by atoms with E-state index in [9.17, 15) is 4.79 Å². The third kappa shape index (κ3) is 3.50. The highest BCUT2D eigenvalue weighted by Crippen LogP contribution is 2.34. The lowest BCUT2D eigenvalue weighted by Crippen LogP contribution is -2.44. The molecule has 3 rings (SSSR count). The lowest BCUT2D eigenvalue weighted by atomic mass is 9.82. The van der Waals surface area contributed by atoms with Gasteiger partial charge in [0.05, 0.1) is 0 Å². The number of fused-ring (bicyclic) bond motifs is 1. The van der Waals surface area contributed by atoms with E-state index < -0.39 is 0 Å². The second-order valence-electron chi connectivity index (χ2n) is 8.06. The Kier molecular flexibility index (Phi) is 4.71. The number of allylic oxidation sites excluding steroid dienone is 1. The Bertz CT molecular complexity index is 667. The summed E-state index contributed by atoms with van der Waals surface area (Å²) in [6.45, 7) is 6.55. The summed E-state index contributed by atoms with van der Waals surface area (Å²) >= 11 is 0. The van der Waals surface area contributed by atoms with Gasteiger partial charge >= 0.3 is 0 Å². The van der Waals surface area contributed by atoms with Crippen LogP contribution in [0.4, 0.5) is 5.69 Å². The molecule has 1 saturated carbocycles. The lowest BCUT2D eigenvalue weighted by Gasteiger charge is -2.36. The molecule has 0 saturated heterocycles. The fraction of sp³-hybridized carbons (Fsp3) is 0.571. The van der Waals surface area contributed by atoms with Gasteiger partial charge in [-0.1, -0.05) is 25.3 Å². The zero-order valence-electron chi connectivity index (χ0n) is 15.5. The molecule has 1 aromatic rings. The van der Waals surface area contributed by atoms with E-state index in [1.54, 1.807) is 0 Å². The highest BCUT2D eigenvalue weighted by molar-refractivity contribution is 5.99. The Labute approximate surface area is 145 Å². The van der Waals surface area contributed by atoms with Crippen LogP contribution < -0.4 is 10.6 Å². The summed E-state index contributed by atoms with van der Waals surface area (Å²) < 4.78 is 0. The number of hydrogen-bond donors (Lipinski definition) is 2. The van der Waals surface area contributed by atoms with Crippen molar-refractivity contribution in [3.05, 3.63) is 34.9 Å². The van der Waals surface area contributed by atoms with E-state index in [-0.39, 0.29) is 11.5 Å². The van der Waals surface area contributed by atoms with E-state index in [2.05, 4.69) is 43.5 Å². The van der Waals surface area contributed by atoms with Crippen LogP contribution in [0, 0.1) is 12.8 Å². The average molecular weight is 326 g/mol. The lowest BCUT2D eigenvalue weighted by molar-refractivity contribution is -0.119. The number of anilines is 1. The third-order valence-corrected chi connectivity index (χ3v) is 5.41. The molecular formula is C21H30N2O. The summed E-state index contributed by atoms with van der Waals surface area (Å²) in [5, 5.41) is 6.87. The molecule has 2 aliphatic rings. The zero-order valence-corrected chi connectivity index (χ0v) is 15.5. The average Bonchev–Trinajstić information content (AvgIpc) is 2.54. The normalized spacial score (nSPS) is 21.9. The van der Waals surface area contributed by atoms with Crippen LogP contribution in [0.15, 0.2) is 18.2 Å². The van der Waals surface area contributed by atoms with Crippen molar-refractivity contribution in [3.8, 4) is 0 Å². The van der Waals surface area contributed by atoms with E-state index in [1.807, 2.05) is 13.1 Å². The minimum absolute atomic E-state index is 0.0285. The topological polar surface area (TPSA) is 41.1 Å². The van der Waals surface area contributed by atoms with Gasteiger partial charge in [0.15, 0.2) is 5.78 Å². The molecule has 1 fully saturated rings. The van der Waals surface area contributed by atoms with E-state index in [4.69, 9.17) is 0 Å². The van der Waals surface area contributed by atoms with Crippen LogP contribution in [0.1, 0.15) is 62.6 Å². The Morgan fingerprint density at radius 2 is 1.96 bits per heavy atom. The SMILES string of the molecule is CNc1cc2c(cc1C)CC(C)(C)N/C2=C/C(=O)C1CCCCC1. The van der Waals surface area contributed by atoms with Crippen molar-refractivity contribution in [2.45, 2.75) is 64.8 Å². The van der Waals surface area contributed by atoms with Crippen molar-refractivity contribution in [2.75, 3.05) is 12.4 Å². The second-order valence-corrected chi connectivity index (χ2v) is 8.06. The Morgan fingerprint density at radius 1 is 1.25 bits per heavy atom. The van der Waals surface area contributed by atoms with Crippen molar-refractivity contribution in [3.63, 3.8) is 0 Å². The largest absolute Gasteiger partial charge is 0.388 e. The van der Waals surface area contributed by atoms with Crippen molar-refractivity contribution in [2.24, 2.45) is 5.92 Å². The summed E-state index contributed by atoms with van der Waals surface area (Å²) in [5.41, 5.74) is 5.86. The van der Waals surface area contributed by atoms with Crippen molar-refractivity contribution < 1.29 is 4.79 Å². The van der Waals surface area contributed by atoms with E-state index in [0.717, 1.165) is 30.6 Å². The maximum Gasteiger partial charge on any atom is 0.160 e. The first-order chi connectivity index (χ1) is 11.4. The highest BCUT2D eigenvalue weighted by atomic mass is 16.1. The Morgan fingerprint density at radius 3 is 2.62 bits per heavy atom. The molecule has 2 N–H and O–H groups in total. The molecule has 0 unspecified atom stereocenters. The van der Waals surface area contributed by atoms with Gasteiger partial charge in [-0.05, 0) is 57.2 Å². The molecular weight excluding hydrogens is 296 g/mol. The van der Waals surface area contributed by atoms with Gasteiger partial charge in [0.25, 0.3) is 0 Å². The number of carbonyl (C=O) groups is 1. The minimum Gasteiger partial charge on any atom is -0.388 e. The maximum atomic E-state index is 12.8. The molecule has 1 aromatic carbocycles. The molecule has 0 bridgehead atoms. The summed E-state index contributed by atoms with van der Waals surface area (Å²) in [5.74, 6) is 0.517. The Balaban J connectivity index is 1.98. The monoisotopic (exact) mass is 326 g/mol. The number of nitrogens with one attached hydrogen (secondary N) is 2. The quantitative estimate of drug-likeness (QED) is 0.806. The standard InChI is InChI=1S/C21H30N2O/c1-14-10-16-13-21(2,3)23-19(17(16)11-18(14)22-4)12-20(24)15-8-6-5-7-9-15/h10-12,15,22-23H,5-9,13H2,1-4H3/b19-12+. The van der Waals surface area contributed by atoms with Crippen LogP contribution in [0.25, 0.3) is 5.70 Å². The van der Waals surface area contributed by atoms with Gasteiger partial charge < -0.3 is 10.6 Å². The molecule has 0 radical (unpaired) electrons. The Hall–Kier alpha value is -1.77. The first kappa shape index (κ1) is 17.1. The molecule has 0 amide bonds. The number of carbonyl (C=O) groups excluding carboxylic acids is 1. The van der Waals surface area contributed by atoms with Crippen molar-refractivity contribution in [1.82, 2.24) is 5.32 Å². The van der Waals surface area contributed by atoms with Crippen molar-refractivity contribution >= 4 is 17.2 Å². The van der Waals surface area contributed by atoms with Crippen LogP contribution in [0.3, 0.4) is 0 Å². The minimum atomic E-state index is -0.0285. The predicted octanol–water partition coefficient (Wildman–Crippen LogP) is 4.45. The molecule has 3 nitrogen and oxygen atoms in total. The van der Waals surface area contributed by atoms with Gasteiger partial charge in [-0.15, -0.1) is 0 Å². The van der Waals surface area contributed by atoms with Gasteiger partial charge in [0.2, 0.25) is 0 Å². The van der Waals surface area contributed by atoms with Gasteiger partial charge in [0.1, 0.15) is 0 Å². The first-order valence-electron chi connectivity index (χ1n) is 9.25. The second kappa shape index (κ2) is 6.62. The van der Waals surface area contributed by atoms with Gasteiger partial charge in [-0.2, -0.15) is 0 Å². The van der Waals surface area contributed by atoms with E-state index in [1.165, 1.54) is 36.0 Å². The molecule has 0 atom stereocenters. The molecule has 1 aliphatic heterocycles. The summed E-state index contributed by atoms with van der Waals surface area (Å²) in [7, 11) is 1.95. The van der Waals surface area contributed by atoms with Crippen LogP contribution in [0.2, 0.25) is 0 Å². The van der Waals surface area contributed by atoms with Crippen LogP contribution in [0.5, 0.6) is 0 Å². The van der Waals surface area contributed by atoms with Gasteiger partial charge in [0, 0.05) is 41.5 Å². The van der Waals surface area contributed by atoms with Crippen LogP contribution in [-0.2, 0) is 11.2 Å². The summed E-state index contributed by atoms with van der Waals surface area (Å²) in [4.78, 5) is 12.8. The molecule has 1 heterocycles. The van der Waals surface area contributed by atoms with Crippen molar-refractivity contribution in [1.29, 1.82) is 0 Å². The maximum absolute atomic E-state index is 12.8. The number of ketones is 1. The fourth-order valence-corrected chi connectivity index (χ4v) is 4.15. The third-order valence-electron chi connectivity index (χ3n) is 5.41. The zero-order chi connectivity index (χ0) is 17.3. The molecule has 24 heavy (non-hydrogen) atoms. The highest BCUT2D eigenvalue weighted by Gasteiger charge is 2.29. The first-order valence-corrected chi connectivity index (χ1v) is 9.25. The van der Waals surface area contributed by atoms with Crippen LogP contribution in [-0.4, -0.2) is 18.4 Å². The van der Waals surface area contributed by atoms with Crippen LogP contribution >= 0.6 is 0 Å². The number of aryl methyl sites for hydroxylation is 1. The van der Waals surface area contributed by atoms with Gasteiger partial charge in [-0.3, -0.25) is 4.79 Å². The number of rotatable bonds is 3. The summed E-state index contributed by atoms with van der Waals surface area (Å²) in [6.07, 6.45) is 8.62. The molecule has 3 heteroatoms. The molecule has 0 aromatic heterocycles. The van der Waals surface area contributed by atoms with E-state index >= 15 is 0 Å². The smallest absolute Gasteiger partial charge is 0.160 e. The predicted molar refractivity (Wildman–Crippen MR) is 101 cm³/mol. The number of benzene rings is 1. The fourth-order valence-electron chi connectivity index (χ4n) is 4.15. The number of hydrogen-bond acceptors (Lipinski definition) is 3. The van der Waals surface area contributed by atoms with E-state index in [0.29, 0.717) is 5.78 Å². The molecule has 1 aliphatic carbocycles.